The van der Waals surface area contributed by atoms with Crippen LogP contribution in [0.2, 0.25) is 0 Å². The van der Waals surface area contributed by atoms with Gasteiger partial charge in [-0.05, 0) is 28.7 Å². The largest absolute Gasteiger partial charge is 0.465 e. The first kappa shape index (κ1) is 13.3. The van der Waals surface area contributed by atoms with E-state index in [2.05, 4.69) is 13.8 Å². The third kappa shape index (κ3) is 2.36. The van der Waals surface area contributed by atoms with Crippen LogP contribution in [-0.4, -0.2) is 19.4 Å². The molecule has 2 aliphatic rings. The van der Waals surface area contributed by atoms with Crippen molar-refractivity contribution in [3.63, 3.8) is 0 Å². The Kier molecular flexibility index (Phi) is 3.65. The second-order valence-corrected chi connectivity index (χ2v) is 4.77. The minimum absolute atomic E-state index is 0.343. The number of carbonyl (C=O) groups excluding carboxylic acids is 2. The molecule has 3 nitrogen and oxygen atoms in total. The molecule has 19 heavy (non-hydrogen) atoms. The van der Waals surface area contributed by atoms with Crippen LogP contribution in [-0.2, 0) is 4.74 Å². The summed E-state index contributed by atoms with van der Waals surface area (Å²) in [7, 11) is 1.34. The monoisotopic (exact) mass is 256 g/mol. The first-order valence-electron chi connectivity index (χ1n) is 6.18. The van der Waals surface area contributed by atoms with Crippen LogP contribution in [0.4, 0.5) is 0 Å². The summed E-state index contributed by atoms with van der Waals surface area (Å²) in [5.74, 6) is -0.0744. The first-order chi connectivity index (χ1) is 9.08. The van der Waals surface area contributed by atoms with Gasteiger partial charge in [0.25, 0.3) is 0 Å². The van der Waals surface area contributed by atoms with Crippen molar-refractivity contribution in [1.29, 1.82) is 0 Å². The number of methoxy groups -OCH3 is 1. The number of hydrogen-bond donors (Lipinski definition) is 0. The highest BCUT2D eigenvalue weighted by Crippen LogP contribution is 2.33. The number of esters is 1. The summed E-state index contributed by atoms with van der Waals surface area (Å²) < 4.78 is 4.78. The molecule has 0 saturated heterocycles. The zero-order chi connectivity index (χ0) is 14.0. The quantitative estimate of drug-likeness (QED) is 0.623. The minimum Gasteiger partial charge on any atom is -0.465 e. The van der Waals surface area contributed by atoms with E-state index < -0.39 is 5.97 Å². The molecular weight excluding hydrogens is 240 g/mol. The Morgan fingerprint density at radius 2 is 1.95 bits per heavy atom. The highest BCUT2D eigenvalue weighted by molar-refractivity contribution is 6.04. The lowest BCUT2D eigenvalue weighted by atomic mass is 10.0. The molecule has 0 spiro atoms. The number of ether oxygens (including phenoxy) is 1. The molecule has 0 aromatic rings. The predicted molar refractivity (Wildman–Crippen MR) is 73.9 cm³/mol. The van der Waals surface area contributed by atoms with Crippen molar-refractivity contribution in [1.82, 2.24) is 0 Å². The highest BCUT2D eigenvalue weighted by atomic mass is 16.5. The van der Waals surface area contributed by atoms with Gasteiger partial charge in [-0.15, -0.1) is 0 Å². The van der Waals surface area contributed by atoms with Gasteiger partial charge in [0.05, 0.1) is 12.7 Å². The van der Waals surface area contributed by atoms with Crippen LogP contribution in [0.25, 0.3) is 11.1 Å². The molecule has 2 rings (SSSR count). The average molecular weight is 256 g/mol. The number of hydrogen-bond acceptors (Lipinski definition) is 3. The molecule has 0 bridgehead atoms. The second-order valence-electron chi connectivity index (χ2n) is 4.77. The van der Waals surface area contributed by atoms with E-state index in [9.17, 15) is 9.59 Å². The molecule has 0 fully saturated rings. The SMILES string of the molecule is COC(=O)c1cc(C=O)c2cccc(C(C)C)cc1-2. The summed E-state index contributed by atoms with van der Waals surface area (Å²) in [5, 5.41) is 0. The van der Waals surface area contributed by atoms with Crippen LogP contribution < -0.4 is 0 Å². The molecule has 0 amide bonds. The molecule has 3 heteroatoms. The van der Waals surface area contributed by atoms with E-state index in [0.717, 1.165) is 23.0 Å². The van der Waals surface area contributed by atoms with Crippen LogP contribution in [0.15, 0.2) is 30.3 Å². The molecule has 0 aromatic carbocycles. The lowest BCUT2D eigenvalue weighted by Gasteiger charge is -2.04. The van der Waals surface area contributed by atoms with Crippen molar-refractivity contribution < 1.29 is 14.3 Å². The molecule has 0 heterocycles. The fraction of sp³-hybridized carbons (Fsp3) is 0.250. The van der Waals surface area contributed by atoms with Crippen molar-refractivity contribution in [2.24, 2.45) is 0 Å². The van der Waals surface area contributed by atoms with Gasteiger partial charge in [0.15, 0.2) is 6.29 Å². The van der Waals surface area contributed by atoms with Crippen LogP contribution in [0.1, 0.15) is 46.0 Å². The minimum atomic E-state index is -0.418. The van der Waals surface area contributed by atoms with E-state index in [1.807, 2.05) is 24.3 Å². The number of rotatable bonds is 3. The van der Waals surface area contributed by atoms with Crippen molar-refractivity contribution >= 4 is 12.3 Å². The Bertz CT molecular complexity index is 599. The number of carbonyl (C=O) groups is 2. The Morgan fingerprint density at radius 1 is 1.21 bits per heavy atom. The van der Waals surface area contributed by atoms with Gasteiger partial charge in [-0.2, -0.15) is 0 Å². The molecule has 98 valence electrons. The van der Waals surface area contributed by atoms with E-state index in [1.54, 1.807) is 6.07 Å². The van der Waals surface area contributed by atoms with E-state index in [1.165, 1.54) is 7.11 Å². The Morgan fingerprint density at radius 3 is 2.53 bits per heavy atom. The molecule has 0 N–H and O–H groups in total. The van der Waals surface area contributed by atoms with E-state index in [-0.39, 0.29) is 0 Å². The topological polar surface area (TPSA) is 43.4 Å². The van der Waals surface area contributed by atoms with Crippen LogP contribution in [0, 0.1) is 0 Å². The molecule has 0 aromatic heterocycles. The summed E-state index contributed by atoms with van der Waals surface area (Å²) in [6.45, 7) is 4.17. The van der Waals surface area contributed by atoms with Crippen LogP contribution in [0.5, 0.6) is 0 Å². The number of fused-ring (bicyclic) bond motifs is 1. The first-order valence-corrected chi connectivity index (χ1v) is 6.18. The van der Waals surface area contributed by atoms with Gasteiger partial charge >= 0.3 is 5.97 Å². The van der Waals surface area contributed by atoms with Crippen molar-refractivity contribution in [2.45, 2.75) is 19.8 Å². The fourth-order valence-corrected chi connectivity index (χ4v) is 2.16. The zero-order valence-electron chi connectivity index (χ0n) is 11.3. The lowest BCUT2D eigenvalue weighted by Crippen LogP contribution is -2.00. The van der Waals surface area contributed by atoms with E-state index in [0.29, 0.717) is 17.0 Å². The van der Waals surface area contributed by atoms with Crippen molar-refractivity contribution in [3.8, 4) is 11.1 Å². The molecule has 2 aliphatic carbocycles. The molecule has 0 unspecified atom stereocenters. The van der Waals surface area contributed by atoms with Gasteiger partial charge < -0.3 is 4.74 Å². The van der Waals surface area contributed by atoms with Gasteiger partial charge in [0, 0.05) is 5.56 Å². The smallest absolute Gasteiger partial charge is 0.338 e. The van der Waals surface area contributed by atoms with Crippen LogP contribution >= 0.6 is 0 Å². The zero-order valence-corrected chi connectivity index (χ0v) is 11.3. The van der Waals surface area contributed by atoms with Crippen molar-refractivity contribution in [3.05, 3.63) is 47.0 Å². The Labute approximate surface area is 112 Å². The highest BCUT2D eigenvalue weighted by Gasteiger charge is 2.20. The molecule has 0 aliphatic heterocycles. The lowest BCUT2D eigenvalue weighted by molar-refractivity contribution is 0.0602. The van der Waals surface area contributed by atoms with E-state index >= 15 is 0 Å². The third-order valence-electron chi connectivity index (χ3n) is 3.25. The summed E-state index contributed by atoms with van der Waals surface area (Å²) in [4.78, 5) is 22.9. The second kappa shape index (κ2) is 5.22. The number of aldehydes is 1. The molecule has 0 radical (unpaired) electrons. The average Bonchev–Trinajstić information content (AvgIpc) is 2.60. The van der Waals surface area contributed by atoms with Crippen molar-refractivity contribution in [2.75, 3.05) is 7.11 Å². The van der Waals surface area contributed by atoms with Gasteiger partial charge in [-0.25, -0.2) is 4.79 Å². The molecule has 0 atom stereocenters. The Balaban J connectivity index is 2.73. The van der Waals surface area contributed by atoms with Gasteiger partial charge in [-0.1, -0.05) is 38.1 Å². The van der Waals surface area contributed by atoms with Gasteiger partial charge in [-0.3, -0.25) is 4.79 Å². The maximum atomic E-state index is 11.8. The summed E-state index contributed by atoms with van der Waals surface area (Å²) >= 11 is 0. The van der Waals surface area contributed by atoms with Crippen LogP contribution in [0.3, 0.4) is 0 Å². The Hall–Kier alpha value is -2.16. The maximum absolute atomic E-state index is 11.8. The summed E-state index contributed by atoms with van der Waals surface area (Å²) in [6.07, 6.45) is 0.768. The predicted octanol–water partition coefficient (Wildman–Crippen LogP) is 3.51. The molecular formula is C16H16O3. The fourth-order valence-electron chi connectivity index (χ4n) is 2.16. The molecule has 0 saturated carbocycles. The van der Waals surface area contributed by atoms with Gasteiger partial charge in [0.2, 0.25) is 0 Å². The maximum Gasteiger partial charge on any atom is 0.338 e. The van der Waals surface area contributed by atoms with E-state index in [4.69, 9.17) is 4.74 Å². The summed E-state index contributed by atoms with van der Waals surface area (Å²) in [6, 6.07) is 9.32. The standard InChI is InChI=1S/C16H16O3/c1-10(2)11-5-4-6-13-12(9-17)8-15(14(13)7-11)16(18)19-3/h4-10H,1-3H3. The normalized spacial score (nSPS) is 10.7. The third-order valence-corrected chi connectivity index (χ3v) is 3.25. The van der Waals surface area contributed by atoms with Gasteiger partial charge in [0.1, 0.15) is 0 Å². The summed E-state index contributed by atoms with van der Waals surface area (Å²) in [5.41, 5.74) is 3.62.